The molecule has 2 nitrogen and oxygen atoms in total. The fourth-order valence-electron chi connectivity index (χ4n) is 3.08. The van der Waals surface area contributed by atoms with Crippen molar-refractivity contribution < 1.29 is 5.11 Å². The van der Waals surface area contributed by atoms with Gasteiger partial charge in [0.25, 0.3) is 0 Å². The molecule has 3 rings (SSSR count). The van der Waals surface area contributed by atoms with Crippen LogP contribution in [-0.2, 0) is 18.3 Å². The van der Waals surface area contributed by atoms with Crippen LogP contribution >= 0.6 is 11.3 Å². The molecule has 0 spiro atoms. The molecular formula is C17H17NOS. The molecule has 2 unspecified atom stereocenters. The smallest absolute Gasteiger partial charge is 0.114 e. The quantitative estimate of drug-likeness (QED) is 0.932. The highest BCUT2D eigenvalue weighted by atomic mass is 32.1. The third-order valence-electron chi connectivity index (χ3n) is 4.25. The Balaban J connectivity index is 2.05. The summed E-state index contributed by atoms with van der Waals surface area (Å²) >= 11 is 1.62. The maximum atomic E-state index is 10.8. The Hall–Kier alpha value is -1.63. The van der Waals surface area contributed by atoms with Gasteiger partial charge in [-0.3, -0.25) is 0 Å². The van der Waals surface area contributed by atoms with E-state index in [1.54, 1.807) is 11.3 Å². The number of nitrogens with zero attached hydrogens (tertiary/aromatic N) is 1. The van der Waals surface area contributed by atoms with Crippen LogP contribution in [0.2, 0.25) is 0 Å². The maximum absolute atomic E-state index is 10.8. The summed E-state index contributed by atoms with van der Waals surface area (Å²) in [4.78, 5) is 2.15. The van der Waals surface area contributed by atoms with Crippen LogP contribution in [0, 0.1) is 11.3 Å². The van der Waals surface area contributed by atoms with Gasteiger partial charge in [0.15, 0.2) is 0 Å². The van der Waals surface area contributed by atoms with Crippen molar-refractivity contribution in [1.82, 2.24) is 0 Å². The zero-order chi connectivity index (χ0) is 14.2. The van der Waals surface area contributed by atoms with Crippen LogP contribution in [-0.4, -0.2) is 5.11 Å². The molecule has 1 aromatic heterocycles. The topological polar surface area (TPSA) is 44.0 Å². The lowest BCUT2D eigenvalue weighted by Crippen LogP contribution is -2.29. The van der Waals surface area contributed by atoms with Gasteiger partial charge in [-0.05, 0) is 42.5 Å². The van der Waals surface area contributed by atoms with Gasteiger partial charge in [-0.2, -0.15) is 5.26 Å². The van der Waals surface area contributed by atoms with Crippen LogP contribution in [0.15, 0.2) is 36.4 Å². The van der Waals surface area contributed by atoms with E-state index < -0.39 is 11.5 Å². The molecule has 0 aliphatic heterocycles. The van der Waals surface area contributed by atoms with Gasteiger partial charge in [-0.15, -0.1) is 11.3 Å². The number of nitriles is 1. The van der Waals surface area contributed by atoms with Crippen LogP contribution in [0.4, 0.5) is 0 Å². The van der Waals surface area contributed by atoms with Crippen LogP contribution in [0.3, 0.4) is 0 Å². The lowest BCUT2D eigenvalue weighted by molar-refractivity contribution is 0.114. The first kappa shape index (κ1) is 13.4. The van der Waals surface area contributed by atoms with Crippen LogP contribution in [0.25, 0.3) is 0 Å². The number of fused-ring (bicyclic) bond motifs is 1. The van der Waals surface area contributed by atoms with Gasteiger partial charge in [0.1, 0.15) is 11.5 Å². The highest BCUT2D eigenvalue weighted by Gasteiger charge is 2.46. The third kappa shape index (κ3) is 1.88. The van der Waals surface area contributed by atoms with Crippen molar-refractivity contribution in [3.05, 3.63) is 57.3 Å². The number of thiophene rings is 1. The van der Waals surface area contributed by atoms with E-state index in [1.807, 2.05) is 24.3 Å². The van der Waals surface area contributed by atoms with Gasteiger partial charge in [0.05, 0.1) is 6.07 Å². The summed E-state index contributed by atoms with van der Waals surface area (Å²) in [5, 5.41) is 20.6. The van der Waals surface area contributed by atoms with E-state index in [4.69, 9.17) is 0 Å². The van der Waals surface area contributed by atoms with Crippen molar-refractivity contribution in [2.45, 2.75) is 37.7 Å². The number of rotatable bonds is 3. The van der Waals surface area contributed by atoms with Gasteiger partial charge in [0.2, 0.25) is 0 Å². The number of hydrogen-bond donors (Lipinski definition) is 1. The number of hydrogen-bond acceptors (Lipinski definition) is 3. The van der Waals surface area contributed by atoms with E-state index in [-0.39, 0.29) is 0 Å². The van der Waals surface area contributed by atoms with Crippen LogP contribution in [0.5, 0.6) is 0 Å². The fourth-order valence-corrected chi connectivity index (χ4v) is 4.11. The van der Waals surface area contributed by atoms with E-state index in [9.17, 15) is 10.4 Å². The Labute approximate surface area is 123 Å². The number of aliphatic hydroxyl groups is 1. The van der Waals surface area contributed by atoms with E-state index in [0.717, 1.165) is 23.3 Å². The SMILES string of the molecule is CCc1ccc(C(O)C2(C#N)CCc3ccccc32)s1. The highest BCUT2D eigenvalue weighted by Crippen LogP contribution is 2.48. The number of aliphatic hydroxyl groups excluding tert-OH is 1. The molecule has 1 N–H and O–H groups in total. The molecule has 0 saturated heterocycles. The van der Waals surface area contributed by atoms with E-state index >= 15 is 0 Å². The Morgan fingerprint density at radius 1 is 1.35 bits per heavy atom. The second-order valence-corrected chi connectivity index (χ2v) is 6.50. The molecular weight excluding hydrogens is 266 g/mol. The monoisotopic (exact) mass is 283 g/mol. The number of aryl methyl sites for hydroxylation is 2. The molecule has 2 aromatic rings. The van der Waals surface area contributed by atoms with Crippen molar-refractivity contribution >= 4 is 11.3 Å². The van der Waals surface area contributed by atoms with Crippen molar-refractivity contribution in [2.75, 3.05) is 0 Å². The highest BCUT2D eigenvalue weighted by molar-refractivity contribution is 7.12. The van der Waals surface area contributed by atoms with Gasteiger partial charge < -0.3 is 5.11 Å². The summed E-state index contributed by atoms with van der Waals surface area (Å²) in [5.74, 6) is 0. The van der Waals surface area contributed by atoms with E-state index in [2.05, 4.69) is 25.1 Å². The summed E-state index contributed by atoms with van der Waals surface area (Å²) in [7, 11) is 0. The molecule has 1 aromatic carbocycles. The van der Waals surface area contributed by atoms with Crippen molar-refractivity contribution in [1.29, 1.82) is 5.26 Å². The largest absolute Gasteiger partial charge is 0.386 e. The van der Waals surface area contributed by atoms with Crippen LogP contribution in [0.1, 0.15) is 40.3 Å². The Morgan fingerprint density at radius 2 is 2.15 bits per heavy atom. The molecule has 1 heterocycles. The molecule has 0 saturated carbocycles. The first-order chi connectivity index (χ1) is 9.71. The van der Waals surface area contributed by atoms with Gasteiger partial charge >= 0.3 is 0 Å². The average Bonchev–Trinajstić information content (AvgIpc) is 3.12. The first-order valence-corrected chi connectivity index (χ1v) is 7.79. The Bertz CT molecular complexity index is 670. The third-order valence-corrected chi connectivity index (χ3v) is 5.54. The summed E-state index contributed by atoms with van der Waals surface area (Å²) < 4.78 is 0. The predicted octanol–water partition coefficient (Wildman–Crippen LogP) is 3.75. The van der Waals surface area contributed by atoms with Crippen molar-refractivity contribution in [3.8, 4) is 6.07 Å². The minimum Gasteiger partial charge on any atom is -0.386 e. The zero-order valence-electron chi connectivity index (χ0n) is 11.5. The van der Waals surface area contributed by atoms with E-state index in [1.165, 1.54) is 10.4 Å². The summed E-state index contributed by atoms with van der Waals surface area (Å²) in [6, 6.07) is 14.4. The summed E-state index contributed by atoms with van der Waals surface area (Å²) in [5.41, 5.74) is 1.41. The van der Waals surface area contributed by atoms with Gasteiger partial charge in [0, 0.05) is 9.75 Å². The molecule has 0 amide bonds. The molecule has 20 heavy (non-hydrogen) atoms. The summed E-state index contributed by atoms with van der Waals surface area (Å²) in [6.45, 7) is 2.10. The molecule has 0 bridgehead atoms. The van der Waals surface area contributed by atoms with E-state index in [0.29, 0.717) is 6.42 Å². The molecule has 3 heteroatoms. The first-order valence-electron chi connectivity index (χ1n) is 6.97. The molecule has 2 atom stereocenters. The average molecular weight is 283 g/mol. The van der Waals surface area contributed by atoms with Crippen molar-refractivity contribution in [2.24, 2.45) is 0 Å². The second kappa shape index (κ2) is 5.05. The molecule has 102 valence electrons. The summed E-state index contributed by atoms with van der Waals surface area (Å²) in [6.07, 6.45) is 1.80. The molecule has 0 fully saturated rings. The minimum absolute atomic E-state index is 0.698. The van der Waals surface area contributed by atoms with Crippen molar-refractivity contribution in [3.63, 3.8) is 0 Å². The van der Waals surface area contributed by atoms with Crippen LogP contribution < -0.4 is 0 Å². The van der Waals surface area contributed by atoms with Gasteiger partial charge in [-0.25, -0.2) is 0 Å². The Kier molecular flexibility index (Phi) is 3.37. The lowest BCUT2D eigenvalue weighted by Gasteiger charge is -2.27. The second-order valence-electron chi connectivity index (χ2n) is 5.30. The van der Waals surface area contributed by atoms with Gasteiger partial charge in [-0.1, -0.05) is 31.2 Å². The maximum Gasteiger partial charge on any atom is 0.114 e. The zero-order valence-corrected chi connectivity index (χ0v) is 12.3. The predicted molar refractivity (Wildman–Crippen MR) is 80.7 cm³/mol. The Morgan fingerprint density at radius 3 is 2.85 bits per heavy atom. The minimum atomic E-state index is -0.785. The normalized spacial score (nSPS) is 22.2. The fraction of sp³-hybridized carbons (Fsp3) is 0.353. The molecule has 1 aliphatic rings. The standard InChI is InChI=1S/C17H17NOS/c1-2-13-7-8-15(20-13)16(19)17(11-18)10-9-12-5-3-4-6-14(12)17/h3-8,16,19H,2,9-10H2,1H3. The number of benzene rings is 1. The lowest BCUT2D eigenvalue weighted by atomic mass is 9.77. The molecule has 1 aliphatic carbocycles. The molecule has 0 radical (unpaired) electrons.